The SMILES string of the molecule is CC(C)N(CCC#N)c1nc(Cl)nc2sccc12. The van der Waals surface area contributed by atoms with Crippen LogP contribution in [0, 0.1) is 11.3 Å². The van der Waals surface area contributed by atoms with Gasteiger partial charge in [0.25, 0.3) is 0 Å². The maximum atomic E-state index is 8.74. The van der Waals surface area contributed by atoms with Crippen molar-refractivity contribution in [3.63, 3.8) is 0 Å². The molecular weight excluding hydrogens is 268 g/mol. The molecule has 94 valence electrons. The van der Waals surface area contributed by atoms with Crippen molar-refractivity contribution in [2.45, 2.75) is 26.3 Å². The van der Waals surface area contributed by atoms with Crippen molar-refractivity contribution < 1.29 is 0 Å². The fraction of sp³-hybridized carbons (Fsp3) is 0.417. The second-order valence-electron chi connectivity index (χ2n) is 4.15. The molecule has 0 atom stereocenters. The first-order chi connectivity index (χ1) is 8.63. The van der Waals surface area contributed by atoms with Gasteiger partial charge in [-0.15, -0.1) is 11.3 Å². The summed E-state index contributed by atoms with van der Waals surface area (Å²) in [4.78, 5) is 11.5. The van der Waals surface area contributed by atoms with Crippen molar-refractivity contribution in [2.24, 2.45) is 0 Å². The summed E-state index contributed by atoms with van der Waals surface area (Å²) in [7, 11) is 0. The lowest BCUT2D eigenvalue weighted by atomic mass is 10.2. The van der Waals surface area contributed by atoms with Gasteiger partial charge in [0.15, 0.2) is 0 Å². The van der Waals surface area contributed by atoms with Crippen LogP contribution in [0.15, 0.2) is 11.4 Å². The summed E-state index contributed by atoms with van der Waals surface area (Å²) in [6.07, 6.45) is 0.464. The Morgan fingerprint density at radius 3 is 2.94 bits per heavy atom. The lowest BCUT2D eigenvalue weighted by molar-refractivity contribution is 0.679. The van der Waals surface area contributed by atoms with E-state index in [-0.39, 0.29) is 11.3 Å². The highest BCUT2D eigenvalue weighted by molar-refractivity contribution is 7.16. The Bertz CT molecular complexity index is 587. The van der Waals surface area contributed by atoms with Gasteiger partial charge >= 0.3 is 0 Å². The molecule has 0 fully saturated rings. The summed E-state index contributed by atoms with van der Waals surface area (Å²) < 4.78 is 0. The highest BCUT2D eigenvalue weighted by Crippen LogP contribution is 2.30. The van der Waals surface area contributed by atoms with E-state index in [0.717, 1.165) is 16.0 Å². The first-order valence-electron chi connectivity index (χ1n) is 5.68. The molecule has 0 saturated heterocycles. The Labute approximate surface area is 115 Å². The average molecular weight is 281 g/mol. The van der Waals surface area contributed by atoms with Gasteiger partial charge in [-0.2, -0.15) is 10.2 Å². The third-order valence-electron chi connectivity index (χ3n) is 2.64. The van der Waals surface area contributed by atoms with Crippen molar-refractivity contribution in [1.29, 1.82) is 5.26 Å². The van der Waals surface area contributed by atoms with Crippen LogP contribution in [-0.4, -0.2) is 22.6 Å². The molecule has 2 aromatic rings. The minimum Gasteiger partial charge on any atom is -0.352 e. The maximum Gasteiger partial charge on any atom is 0.225 e. The van der Waals surface area contributed by atoms with Gasteiger partial charge in [0, 0.05) is 12.6 Å². The van der Waals surface area contributed by atoms with Crippen molar-refractivity contribution in [3.8, 4) is 6.07 Å². The average Bonchev–Trinajstić information content (AvgIpc) is 2.76. The molecule has 0 bridgehead atoms. The van der Waals surface area contributed by atoms with E-state index < -0.39 is 0 Å². The first kappa shape index (κ1) is 13.1. The molecule has 2 rings (SSSR count). The molecule has 6 heteroatoms. The van der Waals surface area contributed by atoms with Crippen LogP contribution < -0.4 is 4.90 Å². The standard InChI is InChI=1S/C12H13ClN4S/c1-8(2)17(6-3-5-14)10-9-4-7-18-11(9)16-12(13)15-10/h4,7-8H,3,6H2,1-2H3. The van der Waals surface area contributed by atoms with Crippen LogP contribution in [0.4, 0.5) is 5.82 Å². The van der Waals surface area contributed by atoms with Gasteiger partial charge < -0.3 is 4.90 Å². The summed E-state index contributed by atoms with van der Waals surface area (Å²) in [6, 6.07) is 4.41. The van der Waals surface area contributed by atoms with Gasteiger partial charge in [-0.05, 0) is 36.9 Å². The predicted octanol–water partition coefficient (Wildman–Crippen LogP) is 3.47. The quantitative estimate of drug-likeness (QED) is 0.805. The van der Waals surface area contributed by atoms with E-state index in [1.54, 1.807) is 11.3 Å². The van der Waals surface area contributed by atoms with Crippen molar-refractivity contribution in [3.05, 3.63) is 16.7 Å². The molecule has 4 nitrogen and oxygen atoms in total. The number of anilines is 1. The number of thiophene rings is 1. The monoisotopic (exact) mass is 280 g/mol. The van der Waals surface area contributed by atoms with E-state index in [0.29, 0.717) is 13.0 Å². The minimum atomic E-state index is 0.252. The highest BCUT2D eigenvalue weighted by atomic mass is 35.5. The lowest BCUT2D eigenvalue weighted by Crippen LogP contribution is -2.32. The van der Waals surface area contributed by atoms with Gasteiger partial charge in [-0.1, -0.05) is 0 Å². The highest BCUT2D eigenvalue weighted by Gasteiger charge is 2.17. The number of nitrogens with zero attached hydrogens (tertiary/aromatic N) is 4. The van der Waals surface area contributed by atoms with Crippen LogP contribution in [-0.2, 0) is 0 Å². The summed E-state index contributed by atoms with van der Waals surface area (Å²) in [5.74, 6) is 0.816. The molecular formula is C12H13ClN4S. The molecule has 0 aliphatic heterocycles. The third-order valence-corrected chi connectivity index (χ3v) is 3.61. The molecule has 0 spiro atoms. The van der Waals surface area contributed by atoms with Gasteiger partial charge in [0.1, 0.15) is 10.6 Å². The molecule has 2 heterocycles. The number of hydrogen-bond acceptors (Lipinski definition) is 5. The molecule has 0 radical (unpaired) electrons. The van der Waals surface area contributed by atoms with Gasteiger partial charge in [0.05, 0.1) is 17.9 Å². The molecule has 0 aliphatic rings. The maximum absolute atomic E-state index is 8.74. The number of aromatic nitrogens is 2. The fourth-order valence-electron chi connectivity index (χ4n) is 1.81. The molecule has 0 saturated carbocycles. The summed E-state index contributed by atoms with van der Waals surface area (Å²) >= 11 is 7.50. The Balaban J connectivity index is 2.49. The van der Waals surface area contributed by atoms with Crippen LogP contribution in [0.2, 0.25) is 5.28 Å². The molecule has 18 heavy (non-hydrogen) atoms. The molecule has 0 amide bonds. The molecule has 0 aromatic carbocycles. The van der Waals surface area contributed by atoms with E-state index in [2.05, 4.69) is 34.8 Å². The van der Waals surface area contributed by atoms with Crippen LogP contribution >= 0.6 is 22.9 Å². The zero-order valence-corrected chi connectivity index (χ0v) is 11.8. The Morgan fingerprint density at radius 1 is 1.50 bits per heavy atom. The van der Waals surface area contributed by atoms with E-state index in [1.165, 1.54) is 0 Å². The largest absolute Gasteiger partial charge is 0.352 e. The zero-order valence-electron chi connectivity index (χ0n) is 10.2. The fourth-order valence-corrected chi connectivity index (χ4v) is 2.79. The molecule has 0 aliphatic carbocycles. The number of hydrogen-bond donors (Lipinski definition) is 0. The Kier molecular flexibility index (Phi) is 4.00. The van der Waals surface area contributed by atoms with E-state index in [4.69, 9.17) is 16.9 Å². The van der Waals surface area contributed by atoms with Gasteiger partial charge in [0.2, 0.25) is 5.28 Å². The molecule has 0 unspecified atom stereocenters. The van der Waals surface area contributed by atoms with Crippen LogP contribution in [0.1, 0.15) is 20.3 Å². The first-order valence-corrected chi connectivity index (χ1v) is 6.93. The predicted molar refractivity (Wildman–Crippen MR) is 75.1 cm³/mol. The number of halogens is 1. The van der Waals surface area contributed by atoms with Gasteiger partial charge in [-0.25, -0.2) is 4.98 Å². The Morgan fingerprint density at radius 2 is 2.28 bits per heavy atom. The van der Waals surface area contributed by atoms with E-state index in [9.17, 15) is 0 Å². The minimum absolute atomic E-state index is 0.252. The smallest absolute Gasteiger partial charge is 0.225 e. The lowest BCUT2D eigenvalue weighted by Gasteiger charge is -2.27. The Hall–Kier alpha value is -1.38. The van der Waals surface area contributed by atoms with Crippen molar-refractivity contribution in [2.75, 3.05) is 11.4 Å². The molecule has 0 N–H and O–H groups in total. The summed E-state index contributed by atoms with van der Waals surface area (Å²) in [5.41, 5.74) is 0. The summed E-state index contributed by atoms with van der Waals surface area (Å²) in [6.45, 7) is 4.80. The number of fused-ring (bicyclic) bond motifs is 1. The zero-order chi connectivity index (χ0) is 13.1. The molecule has 2 aromatic heterocycles. The second-order valence-corrected chi connectivity index (χ2v) is 5.38. The normalized spacial score (nSPS) is 10.8. The second kappa shape index (κ2) is 5.51. The van der Waals surface area contributed by atoms with Gasteiger partial charge in [-0.3, -0.25) is 0 Å². The van der Waals surface area contributed by atoms with Crippen LogP contribution in [0.25, 0.3) is 10.2 Å². The topological polar surface area (TPSA) is 52.8 Å². The third kappa shape index (κ3) is 2.55. The van der Waals surface area contributed by atoms with E-state index in [1.807, 2.05) is 11.4 Å². The van der Waals surface area contributed by atoms with Crippen LogP contribution in [0.3, 0.4) is 0 Å². The van der Waals surface area contributed by atoms with Crippen molar-refractivity contribution in [1.82, 2.24) is 9.97 Å². The van der Waals surface area contributed by atoms with Crippen LogP contribution in [0.5, 0.6) is 0 Å². The number of nitriles is 1. The van der Waals surface area contributed by atoms with E-state index >= 15 is 0 Å². The number of rotatable bonds is 4. The van der Waals surface area contributed by atoms with Crippen molar-refractivity contribution >= 4 is 39.0 Å². The summed E-state index contributed by atoms with van der Waals surface area (Å²) in [5, 5.41) is 12.0.